The first kappa shape index (κ1) is 13.4. The van der Waals surface area contributed by atoms with Crippen LogP contribution in [0.5, 0.6) is 0 Å². The van der Waals surface area contributed by atoms with Crippen molar-refractivity contribution in [2.45, 2.75) is 26.2 Å². The van der Waals surface area contributed by atoms with Gasteiger partial charge in [0.2, 0.25) is 0 Å². The number of nitrogens with zero attached hydrogens (tertiary/aromatic N) is 3. The van der Waals surface area contributed by atoms with Gasteiger partial charge in [-0.05, 0) is 36.4 Å². The van der Waals surface area contributed by atoms with Gasteiger partial charge < -0.3 is 10.6 Å². The molecule has 1 aromatic rings. The van der Waals surface area contributed by atoms with Crippen molar-refractivity contribution in [3.05, 3.63) is 16.0 Å². The van der Waals surface area contributed by atoms with Gasteiger partial charge >= 0.3 is 0 Å². The molecule has 16 heavy (non-hydrogen) atoms. The Morgan fingerprint density at radius 3 is 2.50 bits per heavy atom. The second kappa shape index (κ2) is 6.15. The van der Waals surface area contributed by atoms with Gasteiger partial charge in [0, 0.05) is 13.0 Å². The highest BCUT2D eigenvalue weighted by molar-refractivity contribution is 9.10. The van der Waals surface area contributed by atoms with E-state index in [0.29, 0.717) is 5.82 Å². The predicted octanol–water partition coefficient (Wildman–Crippen LogP) is 1.88. The standard InChI is InChI=1S/C11H19BrN4/c1-4-5-8-10(12)11(13)15-9(14-8)6-7-16(2)3/h4-7H2,1-3H3,(H2,13,14,15). The van der Waals surface area contributed by atoms with Gasteiger partial charge in [-0.15, -0.1) is 0 Å². The van der Waals surface area contributed by atoms with Crippen LogP contribution >= 0.6 is 15.9 Å². The first-order chi connectivity index (χ1) is 7.54. The Balaban J connectivity index is 2.86. The van der Waals surface area contributed by atoms with E-state index in [1.54, 1.807) is 0 Å². The summed E-state index contributed by atoms with van der Waals surface area (Å²) in [4.78, 5) is 10.9. The number of nitrogen functional groups attached to an aromatic ring is 1. The molecule has 0 radical (unpaired) electrons. The van der Waals surface area contributed by atoms with Crippen LogP contribution in [0.3, 0.4) is 0 Å². The lowest BCUT2D eigenvalue weighted by Crippen LogP contribution is -2.17. The fourth-order valence-corrected chi connectivity index (χ4v) is 1.78. The molecule has 1 heterocycles. The zero-order valence-corrected chi connectivity index (χ0v) is 11.7. The number of anilines is 1. The van der Waals surface area contributed by atoms with Gasteiger partial charge in [-0.1, -0.05) is 13.3 Å². The number of likely N-dealkylation sites (N-methyl/N-ethyl adjacent to an activating group) is 1. The molecular formula is C11H19BrN4. The second-order valence-electron chi connectivity index (χ2n) is 4.09. The lowest BCUT2D eigenvalue weighted by Gasteiger charge is -2.11. The largest absolute Gasteiger partial charge is 0.383 e. The summed E-state index contributed by atoms with van der Waals surface area (Å²) in [5.74, 6) is 1.38. The number of rotatable bonds is 5. The molecule has 5 heteroatoms. The number of aromatic nitrogens is 2. The third kappa shape index (κ3) is 3.72. The van der Waals surface area contributed by atoms with Crippen LogP contribution in [0, 0.1) is 0 Å². The third-order valence-electron chi connectivity index (χ3n) is 2.26. The van der Waals surface area contributed by atoms with E-state index in [0.717, 1.165) is 41.8 Å². The van der Waals surface area contributed by atoms with Gasteiger partial charge in [0.05, 0.1) is 10.2 Å². The Kier molecular flexibility index (Phi) is 5.15. The minimum atomic E-state index is 0.548. The molecule has 0 amide bonds. The maximum Gasteiger partial charge on any atom is 0.141 e. The van der Waals surface area contributed by atoms with Crippen LogP contribution in [0.1, 0.15) is 24.9 Å². The van der Waals surface area contributed by atoms with Crippen LogP contribution in [0.4, 0.5) is 5.82 Å². The van der Waals surface area contributed by atoms with Gasteiger partial charge in [-0.25, -0.2) is 9.97 Å². The fourth-order valence-electron chi connectivity index (χ4n) is 1.40. The summed E-state index contributed by atoms with van der Waals surface area (Å²) in [6, 6.07) is 0. The van der Waals surface area contributed by atoms with E-state index in [1.807, 2.05) is 14.1 Å². The van der Waals surface area contributed by atoms with Crippen molar-refractivity contribution >= 4 is 21.7 Å². The molecule has 2 N–H and O–H groups in total. The Morgan fingerprint density at radius 2 is 1.94 bits per heavy atom. The molecular weight excluding hydrogens is 268 g/mol. The molecule has 1 aromatic heterocycles. The van der Waals surface area contributed by atoms with Gasteiger partial charge in [0.1, 0.15) is 11.6 Å². The lowest BCUT2D eigenvalue weighted by molar-refractivity contribution is 0.409. The number of halogens is 1. The summed E-state index contributed by atoms with van der Waals surface area (Å²) < 4.78 is 0.850. The summed E-state index contributed by atoms with van der Waals surface area (Å²) in [5.41, 5.74) is 6.86. The summed E-state index contributed by atoms with van der Waals surface area (Å²) in [6.45, 7) is 3.07. The Hall–Kier alpha value is -0.680. The van der Waals surface area contributed by atoms with Gasteiger partial charge in [0.25, 0.3) is 0 Å². The van der Waals surface area contributed by atoms with Crippen LogP contribution in [0.25, 0.3) is 0 Å². The SMILES string of the molecule is CCCc1nc(CCN(C)C)nc(N)c1Br. The van der Waals surface area contributed by atoms with Crippen molar-refractivity contribution in [1.82, 2.24) is 14.9 Å². The molecule has 4 nitrogen and oxygen atoms in total. The van der Waals surface area contributed by atoms with E-state index in [9.17, 15) is 0 Å². The lowest BCUT2D eigenvalue weighted by atomic mass is 10.2. The Morgan fingerprint density at radius 1 is 1.25 bits per heavy atom. The molecule has 0 aromatic carbocycles. The van der Waals surface area contributed by atoms with Crippen LogP contribution in [0.15, 0.2) is 4.47 Å². The highest BCUT2D eigenvalue weighted by Gasteiger charge is 2.09. The zero-order valence-electron chi connectivity index (χ0n) is 10.1. The first-order valence-electron chi connectivity index (χ1n) is 5.50. The van der Waals surface area contributed by atoms with Crippen LogP contribution in [0.2, 0.25) is 0 Å². The maximum atomic E-state index is 5.85. The van der Waals surface area contributed by atoms with Crippen LogP contribution < -0.4 is 5.73 Å². The highest BCUT2D eigenvalue weighted by Crippen LogP contribution is 2.22. The highest BCUT2D eigenvalue weighted by atomic mass is 79.9. The third-order valence-corrected chi connectivity index (χ3v) is 3.13. The fraction of sp³-hybridized carbons (Fsp3) is 0.636. The number of hydrogen-bond donors (Lipinski definition) is 1. The van der Waals surface area contributed by atoms with E-state index >= 15 is 0 Å². The molecule has 0 aliphatic carbocycles. The van der Waals surface area contributed by atoms with E-state index in [2.05, 4.69) is 37.7 Å². The second-order valence-corrected chi connectivity index (χ2v) is 4.88. The van der Waals surface area contributed by atoms with Crippen molar-refractivity contribution in [2.24, 2.45) is 0 Å². The number of aryl methyl sites for hydroxylation is 1. The smallest absolute Gasteiger partial charge is 0.141 e. The van der Waals surface area contributed by atoms with Crippen molar-refractivity contribution < 1.29 is 0 Å². The van der Waals surface area contributed by atoms with Gasteiger partial charge in [0.15, 0.2) is 0 Å². The average Bonchev–Trinajstić information content (AvgIpc) is 2.22. The molecule has 1 rings (SSSR count). The van der Waals surface area contributed by atoms with E-state index in [-0.39, 0.29) is 0 Å². The molecule has 0 atom stereocenters. The van der Waals surface area contributed by atoms with Gasteiger partial charge in [-0.3, -0.25) is 0 Å². The molecule has 0 unspecified atom stereocenters. The molecule has 0 saturated heterocycles. The molecule has 0 saturated carbocycles. The van der Waals surface area contributed by atoms with E-state index in [1.165, 1.54) is 0 Å². The van der Waals surface area contributed by atoms with Crippen molar-refractivity contribution in [1.29, 1.82) is 0 Å². The van der Waals surface area contributed by atoms with Crippen molar-refractivity contribution in [3.63, 3.8) is 0 Å². The van der Waals surface area contributed by atoms with Crippen LogP contribution in [-0.2, 0) is 12.8 Å². The summed E-state index contributed by atoms with van der Waals surface area (Å²) in [5, 5.41) is 0. The topological polar surface area (TPSA) is 55.0 Å². The molecule has 0 fully saturated rings. The quantitative estimate of drug-likeness (QED) is 0.898. The monoisotopic (exact) mass is 286 g/mol. The van der Waals surface area contributed by atoms with Gasteiger partial charge in [-0.2, -0.15) is 0 Å². The van der Waals surface area contributed by atoms with Crippen LogP contribution in [-0.4, -0.2) is 35.5 Å². The normalized spacial score (nSPS) is 11.1. The van der Waals surface area contributed by atoms with E-state index < -0.39 is 0 Å². The molecule has 0 bridgehead atoms. The zero-order chi connectivity index (χ0) is 12.1. The summed E-state index contributed by atoms with van der Waals surface area (Å²) in [6.07, 6.45) is 2.83. The average molecular weight is 287 g/mol. The minimum Gasteiger partial charge on any atom is -0.383 e. The predicted molar refractivity (Wildman–Crippen MR) is 70.4 cm³/mol. The maximum absolute atomic E-state index is 5.85. The molecule has 90 valence electrons. The first-order valence-corrected chi connectivity index (χ1v) is 6.29. The van der Waals surface area contributed by atoms with Crippen molar-refractivity contribution in [2.75, 3.05) is 26.4 Å². The summed E-state index contributed by atoms with van der Waals surface area (Å²) in [7, 11) is 4.07. The molecule has 0 aliphatic heterocycles. The Labute approximate surface area is 105 Å². The number of nitrogens with two attached hydrogens (primary N) is 1. The molecule has 0 aliphatic rings. The van der Waals surface area contributed by atoms with E-state index in [4.69, 9.17) is 5.73 Å². The van der Waals surface area contributed by atoms with Crippen molar-refractivity contribution in [3.8, 4) is 0 Å². The minimum absolute atomic E-state index is 0.548. The number of hydrogen-bond acceptors (Lipinski definition) is 4. The Bertz CT molecular complexity index is 352. The molecule has 0 spiro atoms. The summed E-state index contributed by atoms with van der Waals surface area (Å²) >= 11 is 3.43.